The Labute approximate surface area is 122 Å². The maximum atomic E-state index is 11.9. The maximum Gasteiger partial charge on any atom is 0.234 e. The van der Waals surface area contributed by atoms with E-state index < -0.39 is 0 Å². The number of thioether (sulfide) groups is 1. The van der Waals surface area contributed by atoms with E-state index in [4.69, 9.17) is 0 Å². The van der Waals surface area contributed by atoms with Gasteiger partial charge in [-0.3, -0.25) is 9.59 Å². The van der Waals surface area contributed by atoms with Gasteiger partial charge in [0.15, 0.2) is 0 Å². The molecule has 1 aromatic rings. The molecule has 0 bridgehead atoms. The third-order valence-electron chi connectivity index (χ3n) is 3.77. The molecule has 1 aromatic carbocycles. The predicted octanol–water partition coefficient (Wildman–Crippen LogP) is 2.80. The monoisotopic (exact) mass is 290 g/mol. The minimum atomic E-state index is 0.0141. The van der Waals surface area contributed by atoms with Gasteiger partial charge in [0.25, 0.3) is 0 Å². The van der Waals surface area contributed by atoms with Crippen LogP contribution in [0.3, 0.4) is 0 Å². The van der Waals surface area contributed by atoms with Gasteiger partial charge in [0, 0.05) is 16.6 Å². The summed E-state index contributed by atoms with van der Waals surface area (Å²) >= 11 is 1.76. The van der Waals surface area contributed by atoms with E-state index in [1.807, 2.05) is 18.2 Å². The largest absolute Gasteiger partial charge is 0.326 e. The van der Waals surface area contributed by atoms with Gasteiger partial charge < -0.3 is 10.6 Å². The van der Waals surface area contributed by atoms with Crippen LogP contribution in [0.15, 0.2) is 18.2 Å². The van der Waals surface area contributed by atoms with E-state index in [0.717, 1.165) is 16.9 Å². The summed E-state index contributed by atoms with van der Waals surface area (Å²) in [4.78, 5) is 23.2. The molecular formula is C15H18N2O2S. The highest BCUT2D eigenvalue weighted by atomic mass is 32.2. The van der Waals surface area contributed by atoms with E-state index in [1.54, 1.807) is 11.8 Å². The van der Waals surface area contributed by atoms with Gasteiger partial charge in [-0.25, -0.2) is 0 Å². The topological polar surface area (TPSA) is 58.2 Å². The zero-order chi connectivity index (χ0) is 13.9. The van der Waals surface area contributed by atoms with E-state index in [1.165, 1.54) is 25.7 Å². The Morgan fingerprint density at radius 2 is 2.15 bits per heavy atom. The van der Waals surface area contributed by atoms with Crippen molar-refractivity contribution >= 4 is 35.0 Å². The predicted molar refractivity (Wildman–Crippen MR) is 82.1 cm³/mol. The van der Waals surface area contributed by atoms with Crippen molar-refractivity contribution < 1.29 is 9.59 Å². The standard InChI is InChI=1S/C15H18N2O2S/c18-14-8-10-7-11(5-6-13(10)17-14)16-15(19)9-20-12-3-1-2-4-12/h5-7,12H,1-4,8-9H2,(H,16,19)(H,17,18). The van der Waals surface area contributed by atoms with Gasteiger partial charge in [-0.05, 0) is 36.6 Å². The lowest BCUT2D eigenvalue weighted by molar-refractivity contribution is -0.115. The quantitative estimate of drug-likeness (QED) is 0.896. The Kier molecular flexibility index (Phi) is 3.96. The summed E-state index contributed by atoms with van der Waals surface area (Å²) in [5, 5.41) is 6.35. The molecule has 1 fully saturated rings. The average molecular weight is 290 g/mol. The van der Waals surface area contributed by atoms with Crippen LogP contribution < -0.4 is 10.6 Å². The van der Waals surface area contributed by atoms with E-state index in [-0.39, 0.29) is 11.8 Å². The third kappa shape index (κ3) is 3.15. The van der Waals surface area contributed by atoms with Crippen molar-refractivity contribution in [3.8, 4) is 0 Å². The first-order chi connectivity index (χ1) is 9.70. The van der Waals surface area contributed by atoms with Crippen molar-refractivity contribution in [2.45, 2.75) is 37.4 Å². The Balaban J connectivity index is 1.53. The number of rotatable bonds is 4. The molecule has 5 heteroatoms. The molecule has 0 saturated heterocycles. The molecule has 1 saturated carbocycles. The van der Waals surface area contributed by atoms with Crippen LogP contribution in [0.4, 0.5) is 11.4 Å². The SMILES string of the molecule is O=C(CSC1CCCC1)Nc1ccc2c(c1)CC(=O)N2. The van der Waals surface area contributed by atoms with Crippen LogP contribution in [0, 0.1) is 0 Å². The molecule has 0 aromatic heterocycles. The minimum absolute atomic E-state index is 0.0141. The molecule has 0 spiro atoms. The van der Waals surface area contributed by atoms with Crippen LogP contribution in [0.25, 0.3) is 0 Å². The minimum Gasteiger partial charge on any atom is -0.326 e. The summed E-state index contributed by atoms with van der Waals surface area (Å²) in [6.07, 6.45) is 5.47. The Morgan fingerprint density at radius 3 is 2.95 bits per heavy atom. The summed E-state index contributed by atoms with van der Waals surface area (Å²) in [5.74, 6) is 0.568. The van der Waals surface area contributed by atoms with Gasteiger partial charge in [0.1, 0.15) is 0 Å². The van der Waals surface area contributed by atoms with Crippen molar-refractivity contribution in [2.24, 2.45) is 0 Å². The smallest absolute Gasteiger partial charge is 0.234 e. The second-order valence-corrected chi connectivity index (χ2v) is 6.65. The number of hydrogen-bond donors (Lipinski definition) is 2. The molecule has 3 rings (SSSR count). The van der Waals surface area contributed by atoms with Gasteiger partial charge in [0.05, 0.1) is 12.2 Å². The number of benzene rings is 1. The fourth-order valence-electron chi connectivity index (χ4n) is 2.75. The molecule has 1 aliphatic carbocycles. The number of nitrogens with one attached hydrogen (secondary N) is 2. The number of fused-ring (bicyclic) bond motifs is 1. The highest BCUT2D eigenvalue weighted by molar-refractivity contribution is 8.00. The first kappa shape index (κ1) is 13.5. The lowest BCUT2D eigenvalue weighted by Crippen LogP contribution is -2.15. The highest BCUT2D eigenvalue weighted by Crippen LogP contribution is 2.30. The summed E-state index contributed by atoms with van der Waals surface area (Å²) in [6, 6.07) is 5.56. The Hall–Kier alpha value is -1.49. The van der Waals surface area contributed by atoms with E-state index in [2.05, 4.69) is 10.6 Å². The zero-order valence-electron chi connectivity index (χ0n) is 11.3. The third-order valence-corrected chi connectivity index (χ3v) is 5.14. The first-order valence-corrected chi connectivity index (χ1v) is 8.10. The van der Waals surface area contributed by atoms with E-state index in [9.17, 15) is 9.59 Å². The van der Waals surface area contributed by atoms with Crippen LogP contribution in [0.1, 0.15) is 31.2 Å². The highest BCUT2D eigenvalue weighted by Gasteiger charge is 2.19. The second-order valence-electron chi connectivity index (χ2n) is 5.36. The number of anilines is 2. The van der Waals surface area contributed by atoms with Crippen LogP contribution in [-0.2, 0) is 16.0 Å². The Morgan fingerprint density at radius 1 is 1.35 bits per heavy atom. The molecule has 4 nitrogen and oxygen atoms in total. The van der Waals surface area contributed by atoms with Gasteiger partial charge in [0.2, 0.25) is 11.8 Å². The fourth-order valence-corrected chi connectivity index (χ4v) is 3.88. The van der Waals surface area contributed by atoms with Crippen molar-refractivity contribution in [3.05, 3.63) is 23.8 Å². The van der Waals surface area contributed by atoms with Crippen molar-refractivity contribution in [3.63, 3.8) is 0 Å². The first-order valence-electron chi connectivity index (χ1n) is 7.05. The molecule has 0 radical (unpaired) electrons. The molecule has 2 aliphatic rings. The van der Waals surface area contributed by atoms with Crippen LogP contribution >= 0.6 is 11.8 Å². The lowest BCUT2D eigenvalue weighted by atomic mass is 10.1. The van der Waals surface area contributed by atoms with Gasteiger partial charge in [-0.2, -0.15) is 0 Å². The van der Waals surface area contributed by atoms with E-state index in [0.29, 0.717) is 17.4 Å². The molecule has 2 N–H and O–H groups in total. The molecule has 1 heterocycles. The normalized spacial score (nSPS) is 17.9. The number of hydrogen-bond acceptors (Lipinski definition) is 3. The van der Waals surface area contributed by atoms with Gasteiger partial charge >= 0.3 is 0 Å². The van der Waals surface area contributed by atoms with Crippen molar-refractivity contribution in [1.29, 1.82) is 0 Å². The average Bonchev–Trinajstić information content (AvgIpc) is 3.04. The summed E-state index contributed by atoms with van der Waals surface area (Å²) < 4.78 is 0. The lowest BCUT2D eigenvalue weighted by Gasteiger charge is -2.10. The van der Waals surface area contributed by atoms with Gasteiger partial charge in [-0.15, -0.1) is 11.8 Å². The van der Waals surface area contributed by atoms with Crippen LogP contribution in [0.2, 0.25) is 0 Å². The summed E-state index contributed by atoms with van der Waals surface area (Å²) in [5.41, 5.74) is 2.59. The second kappa shape index (κ2) is 5.87. The van der Waals surface area contributed by atoms with Crippen molar-refractivity contribution in [2.75, 3.05) is 16.4 Å². The van der Waals surface area contributed by atoms with Crippen molar-refractivity contribution in [1.82, 2.24) is 0 Å². The maximum absolute atomic E-state index is 11.9. The van der Waals surface area contributed by atoms with Gasteiger partial charge in [-0.1, -0.05) is 12.8 Å². The summed E-state index contributed by atoms with van der Waals surface area (Å²) in [7, 11) is 0. The zero-order valence-corrected chi connectivity index (χ0v) is 12.1. The van der Waals surface area contributed by atoms with Crippen LogP contribution in [-0.4, -0.2) is 22.8 Å². The molecule has 106 valence electrons. The summed E-state index contributed by atoms with van der Waals surface area (Å²) in [6.45, 7) is 0. The van der Waals surface area contributed by atoms with E-state index >= 15 is 0 Å². The Bertz CT molecular complexity index is 539. The molecule has 0 atom stereocenters. The molecular weight excluding hydrogens is 272 g/mol. The molecule has 0 unspecified atom stereocenters. The molecule has 2 amide bonds. The number of carbonyl (C=O) groups excluding carboxylic acids is 2. The molecule has 20 heavy (non-hydrogen) atoms. The molecule has 1 aliphatic heterocycles. The van der Waals surface area contributed by atoms with Crippen LogP contribution in [0.5, 0.6) is 0 Å². The number of amides is 2. The fraction of sp³-hybridized carbons (Fsp3) is 0.467. The number of carbonyl (C=O) groups is 2.